The van der Waals surface area contributed by atoms with Crippen molar-refractivity contribution in [2.45, 2.75) is 77.9 Å². The van der Waals surface area contributed by atoms with Crippen LogP contribution in [-0.4, -0.2) is 33.0 Å². The quantitative estimate of drug-likeness (QED) is 0.900. The number of aromatic nitrogens is 2. The maximum absolute atomic E-state index is 12.6. The van der Waals surface area contributed by atoms with Gasteiger partial charge in [0.1, 0.15) is 5.82 Å². The minimum Gasteiger partial charge on any atom is -0.349 e. The molecule has 0 saturated carbocycles. The fourth-order valence-corrected chi connectivity index (χ4v) is 3.66. The van der Waals surface area contributed by atoms with Crippen molar-refractivity contribution in [1.29, 1.82) is 0 Å². The Labute approximate surface area is 133 Å². The third kappa shape index (κ3) is 4.03. The summed E-state index contributed by atoms with van der Waals surface area (Å²) in [5.41, 5.74) is 1.44. The van der Waals surface area contributed by atoms with Gasteiger partial charge in [-0.05, 0) is 53.9 Å². The topological polar surface area (TPSA) is 66.9 Å². The van der Waals surface area contributed by atoms with Crippen LogP contribution in [0.5, 0.6) is 0 Å². The second kappa shape index (κ2) is 5.95. The van der Waals surface area contributed by atoms with Gasteiger partial charge in [0.25, 0.3) is 5.91 Å². The lowest BCUT2D eigenvalue weighted by Crippen LogP contribution is -2.62. The van der Waals surface area contributed by atoms with Crippen LogP contribution in [0, 0.1) is 6.92 Å². The average Bonchev–Trinajstić information content (AvgIpc) is 2.34. The Balaban J connectivity index is 2.15. The van der Waals surface area contributed by atoms with Crippen molar-refractivity contribution in [3.8, 4) is 0 Å². The predicted molar refractivity (Wildman–Crippen MR) is 87.9 cm³/mol. The lowest BCUT2D eigenvalue weighted by atomic mass is 9.79. The molecule has 2 N–H and O–H groups in total. The SMILES string of the molecule is CCc1nc(C)ncc1C(=O)NC1CC(C)(C)NC(C)(C)C1. The van der Waals surface area contributed by atoms with Gasteiger partial charge in [-0.15, -0.1) is 0 Å². The first-order valence-corrected chi connectivity index (χ1v) is 8.04. The van der Waals surface area contributed by atoms with E-state index in [0.29, 0.717) is 11.4 Å². The van der Waals surface area contributed by atoms with E-state index in [2.05, 4.69) is 48.3 Å². The minimum atomic E-state index is -0.0599. The summed E-state index contributed by atoms with van der Waals surface area (Å²) in [5.74, 6) is 0.646. The Kier molecular flexibility index (Phi) is 4.57. The number of hydrogen-bond donors (Lipinski definition) is 2. The van der Waals surface area contributed by atoms with Crippen molar-refractivity contribution in [2.24, 2.45) is 0 Å². The first kappa shape index (κ1) is 16.9. The highest BCUT2D eigenvalue weighted by Gasteiger charge is 2.38. The second-order valence-electron chi connectivity index (χ2n) is 7.60. The fraction of sp³-hybridized carbons (Fsp3) is 0.706. The molecule has 0 unspecified atom stereocenters. The molecule has 1 fully saturated rings. The van der Waals surface area contributed by atoms with Crippen LogP contribution in [0.15, 0.2) is 6.20 Å². The molecule has 1 aromatic heterocycles. The summed E-state index contributed by atoms with van der Waals surface area (Å²) < 4.78 is 0. The highest BCUT2D eigenvalue weighted by atomic mass is 16.1. The molecule has 1 amide bonds. The van der Waals surface area contributed by atoms with Gasteiger partial charge in [-0.25, -0.2) is 9.97 Å². The Morgan fingerprint density at radius 1 is 1.32 bits per heavy atom. The molecule has 1 aromatic rings. The van der Waals surface area contributed by atoms with Crippen molar-refractivity contribution >= 4 is 5.91 Å². The zero-order chi connectivity index (χ0) is 16.5. The van der Waals surface area contributed by atoms with E-state index in [1.165, 1.54) is 0 Å². The highest BCUT2D eigenvalue weighted by Crippen LogP contribution is 2.28. The van der Waals surface area contributed by atoms with Crippen LogP contribution in [0.2, 0.25) is 0 Å². The molecule has 1 aliphatic rings. The first-order valence-electron chi connectivity index (χ1n) is 8.04. The molecule has 0 bridgehead atoms. The number of rotatable bonds is 3. The number of nitrogens with zero attached hydrogens (tertiary/aromatic N) is 2. The summed E-state index contributed by atoms with van der Waals surface area (Å²) in [6, 6.07) is 0.157. The normalized spacial score (nSPS) is 20.6. The van der Waals surface area contributed by atoms with Crippen molar-refractivity contribution < 1.29 is 4.79 Å². The number of carbonyl (C=O) groups excluding carboxylic acids is 1. The molecule has 2 rings (SSSR count). The largest absolute Gasteiger partial charge is 0.349 e. The molecule has 5 nitrogen and oxygen atoms in total. The van der Waals surface area contributed by atoms with Crippen LogP contribution in [0.25, 0.3) is 0 Å². The molecule has 122 valence electrons. The van der Waals surface area contributed by atoms with Gasteiger partial charge in [0, 0.05) is 23.3 Å². The van der Waals surface area contributed by atoms with Crippen LogP contribution < -0.4 is 10.6 Å². The molecular formula is C17H28N4O. The fourth-order valence-electron chi connectivity index (χ4n) is 3.66. The molecule has 0 aliphatic carbocycles. The third-order valence-corrected chi connectivity index (χ3v) is 4.09. The summed E-state index contributed by atoms with van der Waals surface area (Å²) in [4.78, 5) is 21.2. The van der Waals surface area contributed by atoms with Gasteiger partial charge in [0.2, 0.25) is 0 Å². The smallest absolute Gasteiger partial charge is 0.254 e. The Bertz CT molecular complexity index is 550. The number of amides is 1. The number of nitrogens with one attached hydrogen (secondary N) is 2. The molecule has 1 aliphatic heterocycles. The first-order chi connectivity index (χ1) is 10.1. The van der Waals surface area contributed by atoms with Crippen LogP contribution in [0.4, 0.5) is 0 Å². The molecule has 1 saturated heterocycles. The van der Waals surface area contributed by atoms with Crippen LogP contribution in [0.3, 0.4) is 0 Å². The van der Waals surface area contributed by atoms with E-state index in [1.54, 1.807) is 6.20 Å². The lowest BCUT2D eigenvalue weighted by Gasteiger charge is -2.46. The van der Waals surface area contributed by atoms with Gasteiger partial charge in [-0.3, -0.25) is 4.79 Å². The van der Waals surface area contributed by atoms with E-state index in [1.807, 2.05) is 13.8 Å². The van der Waals surface area contributed by atoms with Crippen molar-refractivity contribution in [3.05, 3.63) is 23.3 Å². The van der Waals surface area contributed by atoms with E-state index >= 15 is 0 Å². The number of hydrogen-bond acceptors (Lipinski definition) is 4. The standard InChI is InChI=1S/C17H28N4O/c1-7-14-13(10-18-11(2)19-14)15(22)20-12-8-16(3,4)21-17(5,6)9-12/h10,12,21H,7-9H2,1-6H3,(H,20,22). The Morgan fingerprint density at radius 2 is 1.91 bits per heavy atom. The van der Waals surface area contributed by atoms with E-state index < -0.39 is 0 Å². The Hall–Kier alpha value is -1.49. The molecule has 0 atom stereocenters. The third-order valence-electron chi connectivity index (χ3n) is 4.09. The van der Waals surface area contributed by atoms with Gasteiger partial charge in [-0.1, -0.05) is 6.92 Å². The molecule has 0 radical (unpaired) electrons. The number of piperidine rings is 1. The summed E-state index contributed by atoms with van der Waals surface area (Å²) in [5, 5.41) is 6.81. The van der Waals surface area contributed by atoms with Crippen LogP contribution in [-0.2, 0) is 6.42 Å². The van der Waals surface area contributed by atoms with Gasteiger partial charge < -0.3 is 10.6 Å². The van der Waals surface area contributed by atoms with Crippen LogP contribution >= 0.6 is 0 Å². The second-order valence-corrected chi connectivity index (χ2v) is 7.60. The van der Waals surface area contributed by atoms with Crippen molar-refractivity contribution in [2.75, 3.05) is 0 Å². The Morgan fingerprint density at radius 3 is 2.45 bits per heavy atom. The summed E-state index contributed by atoms with van der Waals surface area (Å²) in [6.45, 7) is 12.6. The van der Waals surface area contributed by atoms with E-state index in [9.17, 15) is 4.79 Å². The van der Waals surface area contributed by atoms with Crippen LogP contribution in [0.1, 0.15) is 69.3 Å². The maximum atomic E-state index is 12.6. The lowest BCUT2D eigenvalue weighted by molar-refractivity contribution is 0.0871. The van der Waals surface area contributed by atoms with Gasteiger partial charge >= 0.3 is 0 Å². The number of carbonyl (C=O) groups is 1. The van der Waals surface area contributed by atoms with Gasteiger partial charge in [0.05, 0.1) is 11.3 Å². The van der Waals surface area contributed by atoms with Crippen molar-refractivity contribution in [3.63, 3.8) is 0 Å². The maximum Gasteiger partial charge on any atom is 0.254 e. The summed E-state index contributed by atoms with van der Waals surface area (Å²) >= 11 is 0. The van der Waals surface area contributed by atoms with E-state index in [0.717, 1.165) is 25.0 Å². The zero-order valence-electron chi connectivity index (χ0n) is 14.6. The van der Waals surface area contributed by atoms with E-state index in [4.69, 9.17) is 0 Å². The van der Waals surface area contributed by atoms with Gasteiger partial charge in [0.15, 0.2) is 0 Å². The molecule has 0 aromatic carbocycles. The monoisotopic (exact) mass is 304 g/mol. The van der Waals surface area contributed by atoms with Gasteiger partial charge in [-0.2, -0.15) is 0 Å². The molecular weight excluding hydrogens is 276 g/mol. The summed E-state index contributed by atoms with van der Waals surface area (Å²) in [6.07, 6.45) is 4.20. The minimum absolute atomic E-state index is 0.0110. The van der Waals surface area contributed by atoms with Crippen molar-refractivity contribution in [1.82, 2.24) is 20.6 Å². The van der Waals surface area contributed by atoms with E-state index in [-0.39, 0.29) is 23.0 Å². The number of aryl methyl sites for hydroxylation is 2. The summed E-state index contributed by atoms with van der Waals surface area (Å²) in [7, 11) is 0. The molecule has 22 heavy (non-hydrogen) atoms. The average molecular weight is 304 g/mol. The predicted octanol–water partition coefficient (Wildman–Crippen LogP) is 2.39. The molecule has 0 spiro atoms. The highest BCUT2D eigenvalue weighted by molar-refractivity contribution is 5.95. The molecule has 2 heterocycles. The molecule has 5 heteroatoms. The zero-order valence-corrected chi connectivity index (χ0v) is 14.6.